The first-order chi connectivity index (χ1) is 5.27. The van der Waals surface area contributed by atoms with E-state index in [-0.39, 0.29) is 16.9 Å². The normalized spacial score (nSPS) is 40.9. The van der Waals surface area contributed by atoms with E-state index in [0.29, 0.717) is 5.92 Å². The monoisotopic (exact) mass is 153 g/mol. The van der Waals surface area contributed by atoms with Crippen molar-refractivity contribution in [2.75, 3.05) is 0 Å². The van der Waals surface area contributed by atoms with Crippen molar-refractivity contribution in [1.29, 1.82) is 0 Å². The van der Waals surface area contributed by atoms with Crippen LogP contribution in [0.3, 0.4) is 0 Å². The Morgan fingerprint density at radius 3 is 2.45 bits per heavy atom. The Morgan fingerprint density at radius 1 is 1.36 bits per heavy atom. The van der Waals surface area contributed by atoms with Gasteiger partial charge in [-0.2, -0.15) is 0 Å². The van der Waals surface area contributed by atoms with Gasteiger partial charge in [-0.25, -0.2) is 0 Å². The van der Waals surface area contributed by atoms with Gasteiger partial charge in [-0.3, -0.25) is 10.1 Å². The summed E-state index contributed by atoms with van der Waals surface area (Å²) in [5, 5.41) is 10.5. The van der Waals surface area contributed by atoms with Crippen molar-refractivity contribution in [1.82, 2.24) is 0 Å². The van der Waals surface area contributed by atoms with Gasteiger partial charge in [0.1, 0.15) is 0 Å². The van der Waals surface area contributed by atoms with E-state index in [4.69, 9.17) is 0 Å². The zero-order valence-electron chi connectivity index (χ0n) is 6.27. The summed E-state index contributed by atoms with van der Waals surface area (Å²) in [7, 11) is 0. The molecule has 0 radical (unpaired) electrons. The molecule has 3 rings (SSSR count). The summed E-state index contributed by atoms with van der Waals surface area (Å²) < 4.78 is 0. The van der Waals surface area contributed by atoms with Gasteiger partial charge in [-0.1, -0.05) is 12.2 Å². The van der Waals surface area contributed by atoms with Crippen molar-refractivity contribution >= 4 is 0 Å². The van der Waals surface area contributed by atoms with Crippen LogP contribution < -0.4 is 0 Å². The van der Waals surface area contributed by atoms with Crippen molar-refractivity contribution in [2.45, 2.75) is 25.3 Å². The number of nitrogens with zero attached hydrogens (tertiary/aromatic N) is 1. The van der Waals surface area contributed by atoms with Crippen LogP contribution in [0.1, 0.15) is 19.3 Å². The highest BCUT2D eigenvalue weighted by Gasteiger charge is 2.39. The third kappa shape index (κ3) is 1.04. The molecule has 0 unspecified atom stereocenters. The number of rotatable bonds is 1. The molecule has 3 aliphatic carbocycles. The van der Waals surface area contributed by atoms with Crippen molar-refractivity contribution < 1.29 is 4.92 Å². The molecule has 1 fully saturated rings. The van der Waals surface area contributed by atoms with Gasteiger partial charge in [-0.05, 0) is 18.8 Å². The van der Waals surface area contributed by atoms with Crippen LogP contribution in [-0.2, 0) is 0 Å². The highest BCUT2D eigenvalue weighted by Crippen LogP contribution is 2.37. The Hall–Kier alpha value is -0.860. The minimum absolute atomic E-state index is 0.111. The molecule has 11 heavy (non-hydrogen) atoms. The van der Waals surface area contributed by atoms with Crippen molar-refractivity contribution in [3.63, 3.8) is 0 Å². The van der Waals surface area contributed by atoms with Crippen LogP contribution >= 0.6 is 0 Å². The maximum Gasteiger partial charge on any atom is 0.219 e. The smallest absolute Gasteiger partial charge is 0.219 e. The maximum atomic E-state index is 10.5. The standard InChI is InChI=1S/C8H11NO2/c10-9(11)8-5-6-1-3-7(8)4-2-6/h1,3,6-8H,2,4-5H2/t6-,7-,8-/m0/s1. The lowest BCUT2D eigenvalue weighted by Crippen LogP contribution is -2.37. The molecular weight excluding hydrogens is 142 g/mol. The first kappa shape index (κ1) is 6.83. The Bertz CT molecular complexity index is 212. The fraction of sp³-hybridized carbons (Fsp3) is 0.750. The lowest BCUT2D eigenvalue weighted by Gasteiger charge is -2.32. The molecule has 2 bridgehead atoms. The van der Waals surface area contributed by atoms with E-state index in [2.05, 4.69) is 6.08 Å². The Labute approximate surface area is 65.2 Å². The predicted octanol–water partition coefficient (Wildman–Crippen LogP) is 1.62. The quantitative estimate of drug-likeness (QED) is 0.326. The molecule has 3 heteroatoms. The molecule has 0 heterocycles. The molecule has 0 aromatic heterocycles. The van der Waals surface area contributed by atoms with E-state index in [1.54, 1.807) is 0 Å². The fourth-order valence-electron chi connectivity index (χ4n) is 2.14. The summed E-state index contributed by atoms with van der Waals surface area (Å²) in [5.74, 6) is 0.727. The largest absolute Gasteiger partial charge is 0.264 e. The first-order valence-corrected chi connectivity index (χ1v) is 4.09. The second-order valence-corrected chi connectivity index (χ2v) is 3.47. The van der Waals surface area contributed by atoms with Crippen molar-refractivity contribution in [3.05, 3.63) is 22.3 Å². The van der Waals surface area contributed by atoms with Gasteiger partial charge in [0, 0.05) is 17.3 Å². The van der Waals surface area contributed by atoms with Crippen LogP contribution in [0.2, 0.25) is 0 Å². The van der Waals surface area contributed by atoms with Gasteiger partial charge in [0.05, 0.1) is 0 Å². The molecule has 60 valence electrons. The molecule has 0 spiro atoms. The average molecular weight is 153 g/mol. The zero-order chi connectivity index (χ0) is 7.84. The molecular formula is C8H11NO2. The molecule has 0 N–H and O–H groups in total. The lowest BCUT2D eigenvalue weighted by molar-refractivity contribution is -0.535. The van der Waals surface area contributed by atoms with E-state index >= 15 is 0 Å². The summed E-state index contributed by atoms with van der Waals surface area (Å²) in [5.41, 5.74) is 0. The van der Waals surface area contributed by atoms with Gasteiger partial charge >= 0.3 is 0 Å². The second kappa shape index (κ2) is 2.32. The van der Waals surface area contributed by atoms with Gasteiger partial charge < -0.3 is 0 Å². The highest BCUT2D eigenvalue weighted by molar-refractivity contribution is 5.06. The second-order valence-electron chi connectivity index (χ2n) is 3.47. The summed E-state index contributed by atoms with van der Waals surface area (Å²) >= 11 is 0. The van der Waals surface area contributed by atoms with Crippen molar-refractivity contribution in [3.8, 4) is 0 Å². The van der Waals surface area contributed by atoms with Crippen LogP contribution in [0.15, 0.2) is 12.2 Å². The molecule has 0 aromatic rings. The van der Waals surface area contributed by atoms with Crippen LogP contribution in [0.5, 0.6) is 0 Å². The third-order valence-corrected chi connectivity index (χ3v) is 2.81. The van der Waals surface area contributed by atoms with Crippen LogP contribution in [0.25, 0.3) is 0 Å². The van der Waals surface area contributed by atoms with E-state index in [0.717, 1.165) is 19.3 Å². The van der Waals surface area contributed by atoms with Crippen molar-refractivity contribution in [2.24, 2.45) is 11.8 Å². The number of fused-ring (bicyclic) bond motifs is 2. The molecule has 1 saturated carbocycles. The van der Waals surface area contributed by atoms with E-state index in [1.165, 1.54) is 0 Å². The van der Waals surface area contributed by atoms with Gasteiger partial charge in [0.2, 0.25) is 6.04 Å². The molecule has 0 saturated heterocycles. The average Bonchev–Trinajstić information content (AvgIpc) is 2.06. The molecule has 0 amide bonds. The van der Waals surface area contributed by atoms with E-state index in [1.807, 2.05) is 6.08 Å². The van der Waals surface area contributed by atoms with E-state index in [9.17, 15) is 10.1 Å². The lowest BCUT2D eigenvalue weighted by atomic mass is 9.73. The predicted molar refractivity (Wildman–Crippen MR) is 40.8 cm³/mol. The fourth-order valence-corrected chi connectivity index (χ4v) is 2.14. The Morgan fingerprint density at radius 2 is 2.18 bits per heavy atom. The Balaban J connectivity index is 2.17. The summed E-state index contributed by atoms with van der Waals surface area (Å²) in [6, 6.07) is -0.279. The first-order valence-electron chi connectivity index (χ1n) is 4.09. The minimum Gasteiger partial charge on any atom is -0.264 e. The summed E-state index contributed by atoms with van der Waals surface area (Å²) in [6.45, 7) is 0. The minimum atomic E-state index is -0.279. The van der Waals surface area contributed by atoms with Gasteiger partial charge in [0.15, 0.2) is 0 Å². The highest BCUT2D eigenvalue weighted by atomic mass is 16.6. The van der Waals surface area contributed by atoms with E-state index < -0.39 is 0 Å². The maximum absolute atomic E-state index is 10.5. The summed E-state index contributed by atoms with van der Waals surface area (Å²) in [4.78, 5) is 10.4. The van der Waals surface area contributed by atoms with Crippen LogP contribution in [-0.4, -0.2) is 11.0 Å². The number of allylic oxidation sites excluding steroid dienone is 1. The SMILES string of the molecule is O=[N+]([O-])[C@H]1C[C@H]2C=C[C@H]1CC2. The van der Waals surface area contributed by atoms with Gasteiger partial charge in [0.25, 0.3) is 0 Å². The Kier molecular flexibility index (Phi) is 1.44. The third-order valence-electron chi connectivity index (χ3n) is 2.81. The van der Waals surface area contributed by atoms with Crippen LogP contribution in [0.4, 0.5) is 0 Å². The molecule has 3 atom stereocenters. The number of hydrogen-bond donors (Lipinski definition) is 0. The molecule has 3 nitrogen and oxygen atoms in total. The summed E-state index contributed by atoms with van der Waals surface area (Å²) in [6.07, 6.45) is 7.13. The number of nitro groups is 1. The van der Waals surface area contributed by atoms with Gasteiger partial charge in [-0.15, -0.1) is 0 Å². The molecule has 0 aliphatic heterocycles. The van der Waals surface area contributed by atoms with Crippen LogP contribution in [0, 0.1) is 22.0 Å². The molecule has 0 aromatic carbocycles. The molecule has 3 aliphatic rings. The topological polar surface area (TPSA) is 43.1 Å². The zero-order valence-corrected chi connectivity index (χ0v) is 6.27. The number of hydrogen-bond acceptors (Lipinski definition) is 2.